The Hall–Kier alpha value is -1.09. The van der Waals surface area contributed by atoms with E-state index in [1.54, 1.807) is 0 Å². The van der Waals surface area contributed by atoms with Gasteiger partial charge in [0.2, 0.25) is 0 Å². The Bertz CT molecular complexity index is 308. The summed E-state index contributed by atoms with van der Waals surface area (Å²) in [7, 11) is 0. The molecule has 1 aliphatic rings. The number of benzene rings is 1. The molecule has 1 heterocycles. The fourth-order valence-corrected chi connectivity index (χ4v) is 1.61. The third-order valence-electron chi connectivity index (χ3n) is 2.28. The quantitative estimate of drug-likeness (QED) is 0.693. The zero-order valence-electron chi connectivity index (χ0n) is 7.13. The number of hydrogen-bond donors (Lipinski definition) is 2. The monoisotopic (exact) mass is 180 g/mol. The third-order valence-corrected chi connectivity index (χ3v) is 2.28. The van der Waals surface area contributed by atoms with Gasteiger partial charge in [0, 0.05) is 18.2 Å². The second-order valence-corrected chi connectivity index (χ2v) is 3.20. The molecular formula is C10H11FNO. The molecule has 1 saturated heterocycles. The first-order valence-corrected chi connectivity index (χ1v) is 4.33. The van der Waals surface area contributed by atoms with Crippen LogP contribution in [0.3, 0.4) is 0 Å². The van der Waals surface area contributed by atoms with Crippen molar-refractivity contribution in [2.45, 2.75) is 18.9 Å². The van der Waals surface area contributed by atoms with Crippen LogP contribution in [-0.4, -0.2) is 5.11 Å². The van der Waals surface area contributed by atoms with Crippen molar-refractivity contribution < 1.29 is 9.50 Å². The molecule has 2 N–H and O–H groups in total. The SMILES string of the molecule is Oc1ccc(F)cc1C1CC[CH]N1. The number of aromatic hydroxyl groups is 1. The fraction of sp³-hybridized carbons (Fsp3) is 0.300. The lowest BCUT2D eigenvalue weighted by molar-refractivity contribution is 0.454. The Morgan fingerprint density at radius 2 is 2.31 bits per heavy atom. The van der Waals surface area contributed by atoms with Gasteiger partial charge in [-0.3, -0.25) is 0 Å². The van der Waals surface area contributed by atoms with Gasteiger partial charge in [-0.25, -0.2) is 4.39 Å². The zero-order valence-corrected chi connectivity index (χ0v) is 7.13. The molecule has 1 fully saturated rings. The molecule has 0 aliphatic carbocycles. The summed E-state index contributed by atoms with van der Waals surface area (Å²) in [6.45, 7) is 1.94. The van der Waals surface area contributed by atoms with Crippen LogP contribution in [0.5, 0.6) is 5.75 Å². The van der Waals surface area contributed by atoms with Crippen molar-refractivity contribution in [3.63, 3.8) is 0 Å². The molecular weight excluding hydrogens is 169 g/mol. The highest BCUT2D eigenvalue weighted by molar-refractivity contribution is 5.35. The molecule has 1 aromatic rings. The van der Waals surface area contributed by atoms with E-state index < -0.39 is 0 Å². The van der Waals surface area contributed by atoms with Crippen LogP contribution in [0, 0.1) is 12.4 Å². The van der Waals surface area contributed by atoms with E-state index >= 15 is 0 Å². The maximum Gasteiger partial charge on any atom is 0.123 e. The van der Waals surface area contributed by atoms with Gasteiger partial charge in [0.15, 0.2) is 0 Å². The van der Waals surface area contributed by atoms with Gasteiger partial charge in [-0.2, -0.15) is 0 Å². The van der Waals surface area contributed by atoms with Gasteiger partial charge in [-0.1, -0.05) is 0 Å². The average molecular weight is 180 g/mol. The fourth-order valence-electron chi connectivity index (χ4n) is 1.61. The molecule has 69 valence electrons. The number of phenolic OH excluding ortho intramolecular Hbond substituents is 1. The molecule has 1 aliphatic heterocycles. The summed E-state index contributed by atoms with van der Waals surface area (Å²) in [4.78, 5) is 0. The molecule has 0 aromatic heterocycles. The summed E-state index contributed by atoms with van der Waals surface area (Å²) in [6, 6.07) is 4.10. The van der Waals surface area contributed by atoms with Crippen molar-refractivity contribution in [1.29, 1.82) is 0 Å². The van der Waals surface area contributed by atoms with Crippen LogP contribution in [-0.2, 0) is 0 Å². The Morgan fingerprint density at radius 1 is 1.46 bits per heavy atom. The summed E-state index contributed by atoms with van der Waals surface area (Å²) in [6.07, 6.45) is 1.87. The molecule has 1 unspecified atom stereocenters. The molecule has 1 radical (unpaired) electrons. The van der Waals surface area contributed by atoms with Gasteiger partial charge < -0.3 is 10.4 Å². The predicted molar refractivity (Wildman–Crippen MR) is 47.5 cm³/mol. The maximum atomic E-state index is 12.9. The molecule has 13 heavy (non-hydrogen) atoms. The van der Waals surface area contributed by atoms with E-state index in [0.717, 1.165) is 12.8 Å². The van der Waals surface area contributed by atoms with Crippen molar-refractivity contribution in [3.8, 4) is 5.75 Å². The van der Waals surface area contributed by atoms with Crippen LogP contribution >= 0.6 is 0 Å². The van der Waals surface area contributed by atoms with Crippen LogP contribution in [0.4, 0.5) is 4.39 Å². The Labute approximate surface area is 76.4 Å². The lowest BCUT2D eigenvalue weighted by atomic mass is 10.0. The first kappa shape index (κ1) is 8.51. The molecule has 1 atom stereocenters. The van der Waals surface area contributed by atoms with E-state index in [4.69, 9.17) is 0 Å². The molecule has 2 rings (SSSR count). The molecule has 2 nitrogen and oxygen atoms in total. The van der Waals surface area contributed by atoms with Gasteiger partial charge in [0.25, 0.3) is 0 Å². The van der Waals surface area contributed by atoms with Crippen LogP contribution in [0.1, 0.15) is 24.4 Å². The molecule has 3 heteroatoms. The number of hydrogen-bond acceptors (Lipinski definition) is 2. The molecule has 0 spiro atoms. The highest BCUT2D eigenvalue weighted by Gasteiger charge is 2.19. The Morgan fingerprint density at radius 3 is 3.00 bits per heavy atom. The van der Waals surface area contributed by atoms with E-state index in [1.165, 1.54) is 18.2 Å². The topological polar surface area (TPSA) is 32.3 Å². The van der Waals surface area contributed by atoms with Crippen molar-refractivity contribution in [3.05, 3.63) is 36.1 Å². The number of rotatable bonds is 1. The Balaban J connectivity index is 2.32. The van der Waals surface area contributed by atoms with Crippen LogP contribution in [0.25, 0.3) is 0 Å². The van der Waals surface area contributed by atoms with Crippen LogP contribution in [0.2, 0.25) is 0 Å². The summed E-state index contributed by atoms with van der Waals surface area (Å²) in [5, 5.41) is 12.6. The lowest BCUT2D eigenvalue weighted by Gasteiger charge is -2.11. The normalized spacial score (nSPS) is 22.1. The number of halogens is 1. The third kappa shape index (κ3) is 1.65. The average Bonchev–Trinajstić information content (AvgIpc) is 2.61. The summed E-state index contributed by atoms with van der Waals surface area (Å²) >= 11 is 0. The molecule has 0 saturated carbocycles. The number of phenols is 1. The summed E-state index contributed by atoms with van der Waals surface area (Å²) < 4.78 is 12.9. The first-order chi connectivity index (χ1) is 6.27. The van der Waals surface area contributed by atoms with Crippen LogP contribution in [0.15, 0.2) is 18.2 Å². The second-order valence-electron chi connectivity index (χ2n) is 3.20. The van der Waals surface area contributed by atoms with Crippen molar-refractivity contribution in [2.24, 2.45) is 0 Å². The first-order valence-electron chi connectivity index (χ1n) is 4.33. The van der Waals surface area contributed by atoms with Gasteiger partial charge in [-0.15, -0.1) is 0 Å². The highest BCUT2D eigenvalue weighted by atomic mass is 19.1. The predicted octanol–water partition coefficient (Wildman–Crippen LogP) is 2.12. The minimum atomic E-state index is -0.304. The maximum absolute atomic E-state index is 12.9. The molecule has 0 amide bonds. The Kier molecular flexibility index (Phi) is 2.19. The van der Waals surface area contributed by atoms with Crippen LogP contribution < -0.4 is 5.32 Å². The molecule has 0 bridgehead atoms. The van der Waals surface area contributed by atoms with E-state index in [0.29, 0.717) is 5.56 Å². The molecule has 1 aromatic carbocycles. The summed E-state index contributed by atoms with van der Waals surface area (Å²) in [5.74, 6) is -0.143. The van der Waals surface area contributed by atoms with E-state index in [1.807, 2.05) is 6.54 Å². The van der Waals surface area contributed by atoms with Crippen molar-refractivity contribution in [2.75, 3.05) is 0 Å². The number of nitrogens with one attached hydrogen (secondary N) is 1. The zero-order chi connectivity index (χ0) is 9.26. The standard InChI is InChI=1S/C10H11FNO/c11-7-3-4-10(13)8(6-7)9-2-1-5-12-9/h3-6,9,12-13H,1-2H2. The van der Waals surface area contributed by atoms with E-state index in [2.05, 4.69) is 5.32 Å². The van der Waals surface area contributed by atoms with Crippen molar-refractivity contribution in [1.82, 2.24) is 5.32 Å². The van der Waals surface area contributed by atoms with Gasteiger partial charge in [0.1, 0.15) is 11.6 Å². The second kappa shape index (κ2) is 3.34. The highest BCUT2D eigenvalue weighted by Crippen LogP contribution is 2.31. The largest absolute Gasteiger partial charge is 0.508 e. The van der Waals surface area contributed by atoms with Crippen molar-refractivity contribution >= 4 is 0 Å². The smallest absolute Gasteiger partial charge is 0.123 e. The summed E-state index contributed by atoms with van der Waals surface area (Å²) in [5.41, 5.74) is 0.647. The van der Waals surface area contributed by atoms with E-state index in [9.17, 15) is 9.50 Å². The van der Waals surface area contributed by atoms with E-state index in [-0.39, 0.29) is 17.6 Å². The minimum absolute atomic E-state index is 0.0655. The van der Waals surface area contributed by atoms with Gasteiger partial charge in [-0.05, 0) is 31.0 Å². The van der Waals surface area contributed by atoms with Gasteiger partial charge >= 0.3 is 0 Å². The lowest BCUT2D eigenvalue weighted by Crippen LogP contribution is -2.10. The van der Waals surface area contributed by atoms with Gasteiger partial charge in [0.05, 0.1) is 0 Å². The minimum Gasteiger partial charge on any atom is -0.508 e.